The average molecular weight is 400 g/mol. The SMILES string of the molecule is C=C1SC(=S)N(c2cccc(OCc3ccc(OCCCC)cc3)c2)C1=O. The monoisotopic (exact) mass is 399 g/mol. The maximum absolute atomic E-state index is 12.2. The van der Waals surface area contributed by atoms with Gasteiger partial charge in [-0.05, 0) is 36.2 Å². The lowest BCUT2D eigenvalue weighted by Gasteiger charge is -2.16. The molecule has 0 spiro atoms. The minimum atomic E-state index is -0.180. The van der Waals surface area contributed by atoms with Crippen molar-refractivity contribution in [3.63, 3.8) is 0 Å². The second-order valence-electron chi connectivity index (χ2n) is 6.06. The van der Waals surface area contributed by atoms with Gasteiger partial charge >= 0.3 is 0 Å². The molecule has 1 heterocycles. The summed E-state index contributed by atoms with van der Waals surface area (Å²) in [7, 11) is 0. The molecular formula is C21H21NO3S2. The van der Waals surface area contributed by atoms with E-state index in [0.717, 1.165) is 30.8 Å². The highest BCUT2D eigenvalue weighted by Gasteiger charge is 2.32. The number of amides is 1. The molecule has 1 aliphatic heterocycles. The Morgan fingerprint density at radius 1 is 1.11 bits per heavy atom. The van der Waals surface area contributed by atoms with Crippen LogP contribution < -0.4 is 14.4 Å². The van der Waals surface area contributed by atoms with Gasteiger partial charge in [-0.15, -0.1) is 0 Å². The number of carbonyl (C=O) groups is 1. The van der Waals surface area contributed by atoms with E-state index in [2.05, 4.69) is 13.5 Å². The average Bonchev–Trinajstić information content (AvgIpc) is 2.93. The van der Waals surface area contributed by atoms with Crippen LogP contribution in [0.1, 0.15) is 25.3 Å². The van der Waals surface area contributed by atoms with Crippen molar-refractivity contribution in [1.82, 2.24) is 0 Å². The summed E-state index contributed by atoms with van der Waals surface area (Å²) in [6.45, 7) is 7.04. The largest absolute Gasteiger partial charge is 0.494 e. The van der Waals surface area contributed by atoms with Crippen LogP contribution in [0.3, 0.4) is 0 Å². The highest BCUT2D eigenvalue weighted by Crippen LogP contribution is 2.35. The summed E-state index contributed by atoms with van der Waals surface area (Å²) in [5, 5.41) is 0. The van der Waals surface area contributed by atoms with Crippen LogP contribution in [-0.2, 0) is 11.4 Å². The van der Waals surface area contributed by atoms with Crippen molar-refractivity contribution in [2.45, 2.75) is 26.4 Å². The predicted molar refractivity (Wildman–Crippen MR) is 114 cm³/mol. The van der Waals surface area contributed by atoms with Gasteiger partial charge < -0.3 is 9.47 Å². The molecule has 0 radical (unpaired) electrons. The number of thioether (sulfide) groups is 1. The van der Waals surface area contributed by atoms with Crippen LogP contribution in [0.2, 0.25) is 0 Å². The second kappa shape index (κ2) is 9.06. The van der Waals surface area contributed by atoms with Crippen LogP contribution >= 0.6 is 24.0 Å². The van der Waals surface area contributed by atoms with Crippen LogP contribution in [0.5, 0.6) is 11.5 Å². The Labute approximate surface area is 169 Å². The number of rotatable bonds is 8. The Balaban J connectivity index is 1.61. The summed E-state index contributed by atoms with van der Waals surface area (Å²) in [6, 6.07) is 15.2. The molecule has 4 nitrogen and oxygen atoms in total. The van der Waals surface area contributed by atoms with Crippen molar-refractivity contribution in [2.75, 3.05) is 11.5 Å². The van der Waals surface area contributed by atoms with E-state index in [4.69, 9.17) is 21.7 Å². The fraction of sp³-hybridized carbons (Fsp3) is 0.238. The van der Waals surface area contributed by atoms with Gasteiger partial charge in [-0.25, -0.2) is 0 Å². The predicted octanol–water partition coefficient (Wildman–Crippen LogP) is 5.32. The number of thiocarbonyl (C=S) groups is 1. The van der Waals surface area contributed by atoms with Crippen molar-refractivity contribution < 1.29 is 14.3 Å². The van der Waals surface area contributed by atoms with Gasteiger partial charge in [0, 0.05) is 6.07 Å². The zero-order valence-electron chi connectivity index (χ0n) is 15.1. The molecule has 2 aromatic rings. The van der Waals surface area contributed by atoms with Crippen molar-refractivity contribution in [2.24, 2.45) is 0 Å². The minimum absolute atomic E-state index is 0.180. The van der Waals surface area contributed by atoms with E-state index in [0.29, 0.717) is 27.3 Å². The molecule has 0 saturated carbocycles. The molecule has 6 heteroatoms. The van der Waals surface area contributed by atoms with Crippen LogP contribution in [-0.4, -0.2) is 16.8 Å². The number of carbonyl (C=O) groups excluding carboxylic acids is 1. The van der Waals surface area contributed by atoms with Gasteiger partial charge in [-0.1, -0.05) is 62.1 Å². The molecule has 1 saturated heterocycles. The maximum Gasteiger partial charge on any atom is 0.270 e. The maximum atomic E-state index is 12.2. The zero-order valence-corrected chi connectivity index (χ0v) is 16.8. The molecule has 0 aromatic heterocycles. The third-order valence-corrected chi connectivity index (χ3v) is 5.22. The molecule has 140 valence electrons. The fourth-order valence-electron chi connectivity index (χ4n) is 2.52. The van der Waals surface area contributed by atoms with Crippen molar-refractivity contribution in [3.8, 4) is 11.5 Å². The van der Waals surface area contributed by atoms with Gasteiger partial charge in [0.25, 0.3) is 5.91 Å². The molecule has 1 fully saturated rings. The molecule has 2 aromatic carbocycles. The summed E-state index contributed by atoms with van der Waals surface area (Å²) < 4.78 is 12.0. The third-order valence-electron chi connectivity index (χ3n) is 4.01. The molecule has 0 unspecified atom stereocenters. The summed E-state index contributed by atoms with van der Waals surface area (Å²) >= 11 is 6.48. The first-order chi connectivity index (χ1) is 13.1. The van der Waals surface area contributed by atoms with E-state index in [9.17, 15) is 4.79 Å². The first-order valence-electron chi connectivity index (χ1n) is 8.78. The Morgan fingerprint density at radius 3 is 2.56 bits per heavy atom. The first kappa shape index (κ1) is 19.5. The Morgan fingerprint density at radius 2 is 1.89 bits per heavy atom. The minimum Gasteiger partial charge on any atom is -0.494 e. The lowest BCUT2D eigenvalue weighted by Crippen LogP contribution is -2.27. The summed E-state index contributed by atoms with van der Waals surface area (Å²) in [5.41, 5.74) is 1.73. The van der Waals surface area contributed by atoms with Gasteiger partial charge in [-0.2, -0.15) is 0 Å². The van der Waals surface area contributed by atoms with E-state index < -0.39 is 0 Å². The second-order valence-corrected chi connectivity index (χ2v) is 7.79. The number of ether oxygens (including phenoxy) is 2. The summed E-state index contributed by atoms with van der Waals surface area (Å²) in [6.07, 6.45) is 2.17. The van der Waals surface area contributed by atoms with Gasteiger partial charge in [0.2, 0.25) is 0 Å². The Hall–Kier alpha value is -2.31. The number of hydrogen-bond acceptors (Lipinski definition) is 5. The van der Waals surface area contributed by atoms with Gasteiger partial charge in [0.1, 0.15) is 18.1 Å². The number of unbranched alkanes of at least 4 members (excludes halogenated alkanes) is 1. The number of hydrogen-bond donors (Lipinski definition) is 0. The van der Waals surface area contributed by atoms with E-state index in [-0.39, 0.29) is 5.91 Å². The fourth-order valence-corrected chi connectivity index (χ4v) is 3.68. The molecule has 0 bridgehead atoms. The van der Waals surface area contributed by atoms with E-state index in [1.165, 1.54) is 16.7 Å². The number of anilines is 1. The zero-order chi connectivity index (χ0) is 19.2. The van der Waals surface area contributed by atoms with E-state index >= 15 is 0 Å². The quantitative estimate of drug-likeness (QED) is 0.341. The molecular weight excluding hydrogens is 378 g/mol. The number of benzene rings is 2. The lowest BCUT2D eigenvalue weighted by molar-refractivity contribution is -0.113. The van der Waals surface area contributed by atoms with Crippen molar-refractivity contribution >= 4 is 39.9 Å². The third kappa shape index (κ3) is 4.90. The summed E-state index contributed by atoms with van der Waals surface area (Å²) in [4.78, 5) is 14.1. The number of nitrogens with zero attached hydrogens (tertiary/aromatic N) is 1. The molecule has 3 rings (SSSR count). The first-order valence-corrected chi connectivity index (χ1v) is 10.0. The summed E-state index contributed by atoms with van der Waals surface area (Å²) in [5.74, 6) is 1.36. The highest BCUT2D eigenvalue weighted by molar-refractivity contribution is 8.27. The lowest BCUT2D eigenvalue weighted by atomic mass is 10.2. The Kier molecular flexibility index (Phi) is 6.53. The van der Waals surface area contributed by atoms with E-state index in [1.807, 2.05) is 48.5 Å². The van der Waals surface area contributed by atoms with Gasteiger partial charge in [0.15, 0.2) is 4.32 Å². The van der Waals surface area contributed by atoms with Gasteiger partial charge in [0.05, 0.1) is 17.2 Å². The molecule has 1 aliphatic rings. The van der Waals surface area contributed by atoms with Gasteiger partial charge in [-0.3, -0.25) is 9.69 Å². The normalized spacial score (nSPS) is 14.0. The van der Waals surface area contributed by atoms with Crippen LogP contribution in [0.4, 0.5) is 5.69 Å². The molecule has 0 aliphatic carbocycles. The molecule has 0 atom stereocenters. The molecule has 1 amide bonds. The van der Waals surface area contributed by atoms with Crippen LogP contribution in [0.15, 0.2) is 60.0 Å². The standard InChI is InChI=1S/C21H21NO3S2/c1-3-4-12-24-18-10-8-16(9-11-18)14-25-19-7-5-6-17(13-19)22-20(23)15(2)27-21(22)26/h5-11,13H,2-4,12,14H2,1H3. The van der Waals surface area contributed by atoms with Crippen molar-refractivity contribution in [1.29, 1.82) is 0 Å². The van der Waals surface area contributed by atoms with Crippen LogP contribution in [0.25, 0.3) is 0 Å². The highest BCUT2D eigenvalue weighted by atomic mass is 32.2. The smallest absolute Gasteiger partial charge is 0.270 e. The van der Waals surface area contributed by atoms with Crippen molar-refractivity contribution in [3.05, 3.63) is 65.6 Å². The van der Waals surface area contributed by atoms with E-state index in [1.54, 1.807) is 0 Å². The molecule has 0 N–H and O–H groups in total. The molecule has 27 heavy (non-hydrogen) atoms. The Bertz CT molecular complexity index is 849. The van der Waals surface area contributed by atoms with Crippen LogP contribution in [0, 0.1) is 0 Å². The topological polar surface area (TPSA) is 38.8 Å².